The van der Waals surface area contributed by atoms with E-state index in [4.69, 9.17) is 4.74 Å². The number of likely N-dealkylation sites (tertiary alicyclic amines) is 1. The Morgan fingerprint density at radius 2 is 1.85 bits per heavy atom. The van der Waals surface area contributed by atoms with Gasteiger partial charge in [-0.15, -0.1) is 0 Å². The number of carbonyl (C=O) groups excluding carboxylic acids is 2. The van der Waals surface area contributed by atoms with Gasteiger partial charge in [-0.1, -0.05) is 30.3 Å². The van der Waals surface area contributed by atoms with E-state index in [-0.39, 0.29) is 38.2 Å². The summed E-state index contributed by atoms with van der Waals surface area (Å²) in [6.07, 6.45) is -4.76. The van der Waals surface area contributed by atoms with Crippen LogP contribution in [0.2, 0.25) is 0 Å². The fourth-order valence-corrected chi connectivity index (χ4v) is 3.12. The molecule has 6 nitrogen and oxygen atoms in total. The van der Waals surface area contributed by atoms with Crippen molar-refractivity contribution in [3.8, 4) is 0 Å². The zero-order chi connectivity index (χ0) is 18.7. The molecule has 0 atom stereocenters. The summed E-state index contributed by atoms with van der Waals surface area (Å²) in [6, 6.07) is 9.13. The quantitative estimate of drug-likeness (QED) is 0.809. The average molecular weight is 371 g/mol. The van der Waals surface area contributed by atoms with E-state index in [0.29, 0.717) is 13.1 Å². The van der Waals surface area contributed by atoms with Crippen LogP contribution in [0.3, 0.4) is 0 Å². The molecule has 0 radical (unpaired) electrons. The molecule has 0 bridgehead atoms. The summed E-state index contributed by atoms with van der Waals surface area (Å²) in [5.41, 5.74) is 0.883. The average Bonchev–Trinajstić information content (AvgIpc) is 2.53. The van der Waals surface area contributed by atoms with Crippen LogP contribution in [-0.2, 0) is 16.1 Å². The van der Waals surface area contributed by atoms with Gasteiger partial charge in [-0.3, -0.25) is 9.69 Å². The van der Waals surface area contributed by atoms with Crippen molar-refractivity contribution < 1.29 is 27.5 Å². The van der Waals surface area contributed by atoms with Crippen molar-refractivity contribution in [3.63, 3.8) is 0 Å². The lowest BCUT2D eigenvalue weighted by molar-refractivity contribution is -0.160. The largest absolute Gasteiger partial charge is 0.445 e. The summed E-state index contributed by atoms with van der Waals surface area (Å²) in [5, 5.41) is 0. The Morgan fingerprint density at radius 1 is 1.15 bits per heavy atom. The van der Waals surface area contributed by atoms with Crippen LogP contribution in [0.1, 0.15) is 5.56 Å². The van der Waals surface area contributed by atoms with Gasteiger partial charge in [0.15, 0.2) is 0 Å². The van der Waals surface area contributed by atoms with E-state index in [2.05, 4.69) is 0 Å². The van der Waals surface area contributed by atoms with E-state index < -0.39 is 18.8 Å². The Morgan fingerprint density at radius 3 is 2.46 bits per heavy atom. The van der Waals surface area contributed by atoms with Crippen LogP contribution >= 0.6 is 0 Å². The number of rotatable bonds is 4. The van der Waals surface area contributed by atoms with Crippen molar-refractivity contribution in [2.45, 2.75) is 18.8 Å². The molecule has 0 aliphatic carbocycles. The second-order valence-corrected chi connectivity index (χ2v) is 6.51. The van der Waals surface area contributed by atoms with Gasteiger partial charge in [-0.2, -0.15) is 13.2 Å². The Kier molecular flexibility index (Phi) is 5.36. The predicted molar refractivity (Wildman–Crippen MR) is 86.2 cm³/mol. The van der Waals surface area contributed by atoms with Gasteiger partial charge in [0.25, 0.3) is 0 Å². The maximum Gasteiger partial charge on any atom is 0.410 e. The summed E-state index contributed by atoms with van der Waals surface area (Å²) in [6.45, 7) is -0.0243. The first-order valence-corrected chi connectivity index (χ1v) is 8.36. The number of halogens is 3. The molecule has 0 aromatic heterocycles. The summed E-state index contributed by atoms with van der Waals surface area (Å²) in [7, 11) is 0. The smallest absolute Gasteiger partial charge is 0.410 e. The van der Waals surface area contributed by atoms with E-state index in [1.54, 1.807) is 4.90 Å². The number of benzene rings is 1. The molecular formula is C17H20F3N3O3. The van der Waals surface area contributed by atoms with Crippen LogP contribution in [0.15, 0.2) is 30.3 Å². The Labute approximate surface area is 149 Å². The monoisotopic (exact) mass is 371 g/mol. The maximum absolute atomic E-state index is 12.4. The number of hydrogen-bond acceptors (Lipinski definition) is 4. The van der Waals surface area contributed by atoms with Crippen molar-refractivity contribution in [2.24, 2.45) is 0 Å². The minimum absolute atomic E-state index is 0.153. The maximum atomic E-state index is 12.4. The zero-order valence-corrected chi connectivity index (χ0v) is 14.1. The number of amides is 2. The Balaban J connectivity index is 1.41. The van der Waals surface area contributed by atoms with Crippen molar-refractivity contribution in [1.82, 2.24) is 14.7 Å². The molecule has 2 amide bonds. The molecule has 1 aromatic rings. The minimum atomic E-state index is -4.31. The molecule has 1 aromatic carbocycles. The third kappa shape index (κ3) is 4.66. The second-order valence-electron chi connectivity index (χ2n) is 6.51. The van der Waals surface area contributed by atoms with Gasteiger partial charge in [0.05, 0.1) is 19.1 Å². The summed E-state index contributed by atoms with van der Waals surface area (Å²) in [5.74, 6) is -0.331. The van der Waals surface area contributed by atoms with Gasteiger partial charge in [-0.25, -0.2) is 4.79 Å². The molecular weight excluding hydrogens is 351 g/mol. The van der Waals surface area contributed by atoms with Crippen LogP contribution in [0.5, 0.6) is 0 Å². The van der Waals surface area contributed by atoms with Crippen LogP contribution in [0, 0.1) is 0 Å². The first-order chi connectivity index (χ1) is 12.3. The van der Waals surface area contributed by atoms with Gasteiger partial charge in [0, 0.05) is 26.2 Å². The number of nitrogens with zero attached hydrogens (tertiary/aromatic N) is 3. The third-order valence-corrected chi connectivity index (χ3v) is 4.51. The molecule has 2 aliphatic heterocycles. The summed E-state index contributed by atoms with van der Waals surface area (Å²) < 4.78 is 42.4. The van der Waals surface area contributed by atoms with Gasteiger partial charge >= 0.3 is 12.3 Å². The summed E-state index contributed by atoms with van der Waals surface area (Å²) in [4.78, 5) is 28.2. The van der Waals surface area contributed by atoms with Crippen molar-refractivity contribution in [3.05, 3.63) is 35.9 Å². The van der Waals surface area contributed by atoms with E-state index in [1.165, 1.54) is 4.90 Å². The number of carbonyl (C=O) groups is 2. The predicted octanol–water partition coefficient (Wildman–Crippen LogP) is 1.71. The lowest BCUT2D eigenvalue weighted by Gasteiger charge is -2.47. The fourth-order valence-electron chi connectivity index (χ4n) is 3.12. The zero-order valence-electron chi connectivity index (χ0n) is 14.1. The molecule has 0 unspecified atom stereocenters. The SMILES string of the molecule is O=C(OCc1ccccc1)N1CC(N2CCN(CC(F)(F)F)CC2=O)C1. The molecule has 0 saturated carbocycles. The van der Waals surface area contributed by atoms with Gasteiger partial charge < -0.3 is 14.5 Å². The third-order valence-electron chi connectivity index (χ3n) is 4.51. The normalized spacial score (nSPS) is 19.4. The molecule has 26 heavy (non-hydrogen) atoms. The second kappa shape index (κ2) is 7.53. The number of piperazine rings is 1. The first kappa shape index (κ1) is 18.5. The van der Waals surface area contributed by atoms with Crippen molar-refractivity contribution in [2.75, 3.05) is 39.3 Å². The van der Waals surface area contributed by atoms with Gasteiger partial charge in [0.2, 0.25) is 5.91 Å². The van der Waals surface area contributed by atoms with Crippen LogP contribution in [-0.4, -0.2) is 78.2 Å². The minimum Gasteiger partial charge on any atom is -0.445 e. The highest BCUT2D eigenvalue weighted by Crippen LogP contribution is 2.22. The van der Waals surface area contributed by atoms with E-state index >= 15 is 0 Å². The molecule has 0 spiro atoms. The molecule has 0 N–H and O–H groups in total. The fraction of sp³-hybridized carbons (Fsp3) is 0.529. The Bertz CT molecular complexity index is 648. The molecule has 3 rings (SSSR count). The van der Waals surface area contributed by atoms with Gasteiger partial charge in [-0.05, 0) is 5.56 Å². The Hall–Kier alpha value is -2.29. The molecule has 9 heteroatoms. The lowest BCUT2D eigenvalue weighted by atomic mass is 10.1. The standard InChI is InChI=1S/C17H20F3N3O3/c18-17(19,20)12-21-6-7-23(15(24)10-21)14-8-22(9-14)16(25)26-11-13-4-2-1-3-5-13/h1-5,14H,6-12H2. The van der Waals surface area contributed by atoms with Crippen LogP contribution in [0.25, 0.3) is 0 Å². The molecule has 2 saturated heterocycles. The number of hydrogen-bond donors (Lipinski definition) is 0. The highest BCUT2D eigenvalue weighted by atomic mass is 19.4. The first-order valence-electron chi connectivity index (χ1n) is 8.36. The number of ether oxygens (including phenoxy) is 1. The van der Waals surface area contributed by atoms with Crippen molar-refractivity contribution >= 4 is 12.0 Å². The molecule has 2 heterocycles. The molecule has 2 aliphatic rings. The van der Waals surface area contributed by atoms with Gasteiger partial charge in [0.1, 0.15) is 6.61 Å². The van der Waals surface area contributed by atoms with Crippen LogP contribution in [0.4, 0.5) is 18.0 Å². The number of alkyl halides is 3. The van der Waals surface area contributed by atoms with E-state index in [9.17, 15) is 22.8 Å². The van der Waals surface area contributed by atoms with E-state index in [0.717, 1.165) is 10.5 Å². The molecule has 142 valence electrons. The molecule has 2 fully saturated rings. The van der Waals surface area contributed by atoms with Crippen LogP contribution < -0.4 is 0 Å². The highest BCUT2D eigenvalue weighted by Gasteiger charge is 2.41. The topological polar surface area (TPSA) is 53.1 Å². The highest BCUT2D eigenvalue weighted by molar-refractivity contribution is 5.80. The van der Waals surface area contributed by atoms with E-state index in [1.807, 2.05) is 30.3 Å². The summed E-state index contributed by atoms with van der Waals surface area (Å²) >= 11 is 0. The lowest BCUT2D eigenvalue weighted by Crippen LogP contribution is -2.66. The van der Waals surface area contributed by atoms with Crippen molar-refractivity contribution in [1.29, 1.82) is 0 Å².